The SMILES string of the molecule is C.C.C.C.C.C.C.C.C.C#C.C#C.C#C.C#[N+]c1c#cc(OCCCCCCOC(=O)C(C)CC)cc1.C#[N+]c1ccc([N+](=C)CCCCC(C)CC)cc1.CCC(C)(C)C(=O)OCCCCCCOc1ccc(/C=C/c2ccc([N+](=O)[O-])cc2)cc1.S=S.S=S.S=S.S=S.[2H][2H].[2H][2H].[2H][2H]. The van der Waals surface area contributed by atoms with E-state index < -0.39 is 10.3 Å². The summed E-state index contributed by atoms with van der Waals surface area (Å²) in [6.45, 7) is 31.9. The molecule has 0 N–H and O–H groups in total. The van der Waals surface area contributed by atoms with E-state index in [4.69, 9.17) is 41.0 Å². The van der Waals surface area contributed by atoms with Crippen molar-refractivity contribution < 1.29 is 46.9 Å². The van der Waals surface area contributed by atoms with Gasteiger partial charge in [0.05, 0.1) is 42.7 Å². The van der Waals surface area contributed by atoms with Crippen molar-refractivity contribution in [2.75, 3.05) is 33.0 Å². The molecule has 0 aromatic heterocycles. The van der Waals surface area contributed by atoms with E-state index in [1.165, 1.54) is 37.8 Å². The zero-order valence-corrected chi connectivity index (χ0v) is 57.5. The highest BCUT2D eigenvalue weighted by Crippen LogP contribution is 2.23. The van der Waals surface area contributed by atoms with E-state index in [9.17, 15) is 19.7 Å². The van der Waals surface area contributed by atoms with Crippen molar-refractivity contribution in [3.8, 4) is 63.2 Å². The molecule has 0 amide bonds. The summed E-state index contributed by atoms with van der Waals surface area (Å²) < 4.78 is 53.9. The minimum absolute atomic E-state index is 0. The number of hydrogen-bond acceptors (Lipinski definition) is 16. The monoisotopic (exact) mass is 1480 g/mol. The Morgan fingerprint density at radius 1 is 0.579 bits per heavy atom. The quantitative estimate of drug-likeness (QED) is 0.00718. The number of nitro benzene ring substituents is 1. The van der Waals surface area contributed by atoms with Crippen LogP contribution in [0.2, 0.25) is 0 Å². The summed E-state index contributed by atoms with van der Waals surface area (Å²) in [4.78, 5) is 40.8. The summed E-state index contributed by atoms with van der Waals surface area (Å²) in [6.07, 6.45) is 42.3. The van der Waals surface area contributed by atoms with Gasteiger partial charge in [-0.1, -0.05) is 139 Å². The third-order valence-corrected chi connectivity index (χ3v) is 12.3. The molecule has 12 nitrogen and oxygen atoms in total. The van der Waals surface area contributed by atoms with Crippen LogP contribution in [-0.4, -0.2) is 61.1 Å². The highest BCUT2D eigenvalue weighted by Gasteiger charge is 2.26. The van der Waals surface area contributed by atoms with Crippen LogP contribution < -0.4 is 9.47 Å². The lowest BCUT2D eigenvalue weighted by molar-refractivity contribution is -0.432. The Hall–Kier alpha value is -6.53. The predicted octanol–water partition coefficient (Wildman–Crippen LogP) is 23.1. The maximum absolute atomic E-state index is 11.9. The number of ether oxygens (including phenoxy) is 4. The highest BCUT2D eigenvalue weighted by molar-refractivity contribution is 8.08. The standard InChI is InChI=1S/C26H33NO5.C18H24NO3.C16H24N2.3C2H2.9CH4.4S2.3H2/c1-4-26(2,3)25(28)32-20-8-6-5-7-19-31-24-17-13-22(14-18-24)10-9-21-11-15-23(16-12-21)27(29)30;1-4-15(2)18(20)22-14-8-6-5-7-13-21-17-11-9-16(19-3)10-12-17;1-5-14(2)8-6-7-13-18(4)16-11-9-15(17-3)10-12-16;3*1-2;;;;;;;;;;4*1-2;;;/h9-18H,4-8,19-20H2,1-3H3;3,9,11,15H,4-8,13-14H2,1-2H3;3,9-12,14H,4-8,13H2,1-2H3;3*1-2H;9*1H4;;;;;3*1H/q;+1;+2;;;;;;;;;;;;;;;;;;;/b10-9+;;;;;;;;;;;;;;;;;;;;;/i;;;;;;;;;;;;;;;;;;;3*1+1D. The van der Waals surface area contributed by atoms with E-state index in [0.29, 0.717) is 37.9 Å². The molecule has 0 saturated carbocycles. The van der Waals surface area contributed by atoms with Gasteiger partial charge in [0.2, 0.25) is 5.69 Å². The van der Waals surface area contributed by atoms with Gasteiger partial charge in [-0.05, 0) is 148 Å². The van der Waals surface area contributed by atoms with Crippen molar-refractivity contribution in [3.63, 3.8) is 0 Å². The number of benzene rings is 3. The van der Waals surface area contributed by atoms with E-state index >= 15 is 0 Å². The van der Waals surface area contributed by atoms with E-state index in [-0.39, 0.29) is 90.4 Å². The van der Waals surface area contributed by atoms with Crippen LogP contribution in [0, 0.1) is 91.2 Å². The van der Waals surface area contributed by atoms with Crippen molar-refractivity contribution in [2.24, 2.45) is 17.3 Å². The minimum Gasteiger partial charge on any atom is -0.494 e. The van der Waals surface area contributed by atoms with Gasteiger partial charge in [-0.2, -0.15) is 0 Å². The number of unbranched alkanes of at least 4 members (excludes halogenated alkanes) is 7. The fourth-order valence-electron chi connectivity index (χ4n) is 6.45. The van der Waals surface area contributed by atoms with Crippen molar-refractivity contribution in [2.45, 2.75) is 205 Å². The molecule has 4 aromatic carbocycles. The molecule has 20 heteroatoms. The van der Waals surface area contributed by atoms with E-state index in [1.54, 1.807) is 24.3 Å². The molecular formula is C75H129N4O8S8+3. The number of nitrogens with zero attached hydrogens (tertiary/aromatic N) is 4. The molecule has 0 aliphatic heterocycles. The molecule has 0 aliphatic carbocycles. The zero-order chi connectivity index (χ0) is 73.0. The average molecular weight is 1480 g/mol. The Morgan fingerprint density at radius 2 is 1.00 bits per heavy atom. The predicted molar refractivity (Wildman–Crippen MR) is 449 cm³/mol. The van der Waals surface area contributed by atoms with Gasteiger partial charge in [0.25, 0.3) is 18.8 Å². The maximum atomic E-state index is 11.9. The van der Waals surface area contributed by atoms with Crippen molar-refractivity contribution in [1.29, 1.82) is 0 Å². The first-order valence-electron chi connectivity index (χ1n) is 30.4. The van der Waals surface area contributed by atoms with E-state index in [1.807, 2.05) is 99.9 Å². The maximum Gasteiger partial charge on any atom is 0.390 e. The number of non-ortho nitro benzene ring substituents is 1. The summed E-state index contributed by atoms with van der Waals surface area (Å²) in [7, 11) is 0. The van der Waals surface area contributed by atoms with Gasteiger partial charge >= 0.3 is 23.3 Å². The summed E-state index contributed by atoms with van der Waals surface area (Å²) in [6, 6.07) is 31.2. The molecule has 0 aliphatic rings. The van der Waals surface area contributed by atoms with Crippen LogP contribution in [0.4, 0.5) is 22.7 Å². The molecule has 95 heavy (non-hydrogen) atoms. The first kappa shape index (κ1) is 116. The van der Waals surface area contributed by atoms with Gasteiger partial charge in [-0.3, -0.25) is 19.7 Å². The van der Waals surface area contributed by atoms with Gasteiger partial charge in [0, 0.05) is 153 Å². The molecule has 0 spiro atoms. The van der Waals surface area contributed by atoms with Gasteiger partial charge in [-0.15, -0.1) is 38.5 Å². The Labute approximate surface area is 632 Å². The van der Waals surface area contributed by atoms with E-state index in [2.05, 4.69) is 170 Å². The van der Waals surface area contributed by atoms with Crippen LogP contribution in [0.15, 0.2) is 84.9 Å². The van der Waals surface area contributed by atoms with Crippen molar-refractivity contribution in [1.82, 2.24) is 0 Å². The Kier molecular flexibility index (Phi) is 112. The van der Waals surface area contributed by atoms with Crippen molar-refractivity contribution >= 4 is 143 Å². The molecule has 0 fully saturated rings. The molecule has 2 unspecified atom stereocenters. The number of terminal acetylenes is 3. The lowest BCUT2D eigenvalue weighted by Gasteiger charge is -2.20. The molecule has 0 bridgehead atoms. The topological polar surface area (TPSA) is 126 Å². The lowest BCUT2D eigenvalue weighted by atomic mass is 9.91. The Morgan fingerprint density at radius 3 is 1.39 bits per heavy atom. The zero-order valence-electron chi connectivity index (χ0n) is 57.0. The van der Waals surface area contributed by atoms with Gasteiger partial charge in [0.1, 0.15) is 19.0 Å². The number of esters is 2. The molecule has 4 aromatic rings. The number of nitro groups is 1. The summed E-state index contributed by atoms with van der Waals surface area (Å²) >= 11 is 29.3. The van der Waals surface area contributed by atoms with Gasteiger partial charge < -0.3 is 18.9 Å². The molecule has 0 saturated heterocycles. The second-order valence-corrected chi connectivity index (χ2v) is 18.5. The second-order valence-electron chi connectivity index (χ2n) is 18.5. The van der Waals surface area contributed by atoms with Gasteiger partial charge in [-0.25, -0.2) is 4.58 Å². The fourth-order valence-corrected chi connectivity index (χ4v) is 6.45. The lowest BCUT2D eigenvalue weighted by Crippen LogP contribution is -2.26. The molecular weight excluding hydrogens is 1340 g/mol. The summed E-state index contributed by atoms with van der Waals surface area (Å²) in [5, 5.41) is 10.7. The number of carbonyl (C=O) groups is 2. The third kappa shape index (κ3) is 68.7. The van der Waals surface area contributed by atoms with Crippen molar-refractivity contribution in [3.05, 3.63) is 128 Å². The van der Waals surface area contributed by atoms with Crippen LogP contribution in [0.25, 0.3) is 21.8 Å². The summed E-state index contributed by atoms with van der Waals surface area (Å²) in [5.41, 5.74) is 4.08. The number of carbonyl (C=O) groups excluding carboxylic acids is 2. The largest absolute Gasteiger partial charge is 0.494 e. The first-order chi connectivity index (χ1) is 44.7. The molecule has 0 heterocycles. The minimum atomic E-state index is -0.405. The Balaban J connectivity index is -0.0000000557. The third-order valence-electron chi connectivity index (χ3n) is 12.3. The second kappa shape index (κ2) is 91.7. The summed E-state index contributed by atoms with van der Waals surface area (Å²) in [5.74, 6) is 2.11. The smallest absolute Gasteiger partial charge is 0.390 e. The van der Waals surface area contributed by atoms with Gasteiger partial charge in [0.15, 0.2) is 5.75 Å². The van der Waals surface area contributed by atoms with Crippen LogP contribution in [0.1, 0.15) is 225 Å². The normalized spacial score (nSPS) is 9.17. The Bertz CT molecular complexity index is 2550. The first-order valence-corrected chi connectivity index (χ1v) is 32.7. The molecule has 0 radical (unpaired) electrons. The highest BCUT2D eigenvalue weighted by atomic mass is 32.8. The van der Waals surface area contributed by atoms with E-state index in [0.717, 1.165) is 105 Å². The molecule has 4 rings (SSSR count). The number of rotatable bonds is 30. The van der Waals surface area contributed by atoms with Crippen LogP contribution >= 0.6 is 0 Å². The van der Waals surface area contributed by atoms with Crippen LogP contribution in [0.5, 0.6) is 11.5 Å². The van der Waals surface area contributed by atoms with Crippen LogP contribution in [-0.2, 0) is 109 Å². The fraction of sp³-hybridized carbons (Fsp3) is 0.507. The number of hydrogen-bond donors (Lipinski definition) is 0. The molecule has 2 atom stereocenters. The van der Waals surface area contributed by atoms with Crippen LogP contribution in [0.3, 0.4) is 0 Å². The average Bonchev–Trinajstić information content (AvgIpc) is 0.915. The molecule has 542 valence electrons.